The molecule has 0 bridgehead atoms. The van der Waals surface area contributed by atoms with E-state index in [9.17, 15) is 4.79 Å². The molecule has 0 N–H and O–H groups in total. The predicted octanol–water partition coefficient (Wildman–Crippen LogP) is 2.23. The molecular formula is C11H21NO. The van der Waals surface area contributed by atoms with E-state index in [-0.39, 0.29) is 5.54 Å². The van der Waals surface area contributed by atoms with Gasteiger partial charge in [0.15, 0.2) is 0 Å². The summed E-state index contributed by atoms with van der Waals surface area (Å²) in [7, 11) is 0. The lowest BCUT2D eigenvalue weighted by molar-refractivity contribution is -0.127. The molecule has 2 atom stereocenters. The monoisotopic (exact) mass is 183 g/mol. The van der Waals surface area contributed by atoms with Crippen LogP contribution in [0.1, 0.15) is 47.5 Å². The zero-order chi connectivity index (χ0) is 10.2. The lowest BCUT2D eigenvalue weighted by atomic mass is 9.90. The van der Waals surface area contributed by atoms with Crippen molar-refractivity contribution in [3.63, 3.8) is 0 Å². The van der Waals surface area contributed by atoms with Gasteiger partial charge < -0.3 is 0 Å². The minimum atomic E-state index is 0.180. The molecule has 76 valence electrons. The van der Waals surface area contributed by atoms with Crippen LogP contribution in [0.25, 0.3) is 0 Å². The van der Waals surface area contributed by atoms with Crippen molar-refractivity contribution in [1.29, 1.82) is 0 Å². The SMILES string of the molecule is C[C@H]1CC(=O)C[C@H](C)N1C(C)(C)C. The summed E-state index contributed by atoms with van der Waals surface area (Å²) in [4.78, 5) is 13.8. The molecule has 1 aliphatic rings. The molecule has 2 nitrogen and oxygen atoms in total. The molecule has 0 spiro atoms. The van der Waals surface area contributed by atoms with Crippen molar-refractivity contribution < 1.29 is 4.79 Å². The first-order valence-electron chi connectivity index (χ1n) is 5.12. The summed E-state index contributed by atoms with van der Waals surface area (Å²) in [5.41, 5.74) is 0.180. The third-order valence-electron chi connectivity index (χ3n) is 2.77. The second kappa shape index (κ2) is 3.41. The average molecular weight is 183 g/mol. The summed E-state index contributed by atoms with van der Waals surface area (Å²) in [6, 6.07) is 0.799. The van der Waals surface area contributed by atoms with Crippen molar-refractivity contribution in [2.24, 2.45) is 0 Å². The number of ketones is 1. The molecule has 0 aromatic rings. The van der Waals surface area contributed by atoms with Gasteiger partial charge in [-0.2, -0.15) is 0 Å². The van der Waals surface area contributed by atoms with Crippen LogP contribution in [0.2, 0.25) is 0 Å². The quantitative estimate of drug-likeness (QED) is 0.574. The Morgan fingerprint density at radius 1 is 1.15 bits per heavy atom. The molecule has 0 aromatic heterocycles. The van der Waals surface area contributed by atoms with E-state index in [1.807, 2.05) is 0 Å². The van der Waals surface area contributed by atoms with Crippen molar-refractivity contribution >= 4 is 5.78 Å². The van der Waals surface area contributed by atoms with Gasteiger partial charge in [0.2, 0.25) is 0 Å². The minimum absolute atomic E-state index is 0.180. The van der Waals surface area contributed by atoms with Crippen LogP contribution in [0.15, 0.2) is 0 Å². The van der Waals surface area contributed by atoms with Crippen LogP contribution in [-0.4, -0.2) is 28.3 Å². The summed E-state index contributed by atoms with van der Waals surface area (Å²) in [5, 5.41) is 0. The maximum Gasteiger partial charge on any atom is 0.136 e. The van der Waals surface area contributed by atoms with E-state index in [0.717, 1.165) is 12.8 Å². The third-order valence-corrected chi connectivity index (χ3v) is 2.77. The van der Waals surface area contributed by atoms with Crippen LogP contribution in [0.5, 0.6) is 0 Å². The van der Waals surface area contributed by atoms with Gasteiger partial charge in [0.1, 0.15) is 5.78 Å². The number of Topliss-reactive ketones (excluding diaryl/α,β-unsaturated/α-hetero) is 1. The second-order valence-corrected chi connectivity index (χ2v) is 5.22. The van der Waals surface area contributed by atoms with Gasteiger partial charge in [-0.1, -0.05) is 0 Å². The summed E-state index contributed by atoms with van der Waals surface area (Å²) < 4.78 is 0. The summed E-state index contributed by atoms with van der Waals surface area (Å²) >= 11 is 0. The molecule has 1 rings (SSSR count). The Hall–Kier alpha value is -0.370. The standard InChI is InChI=1S/C11H21NO/c1-8-6-10(13)7-9(2)12(8)11(3,4)5/h8-9H,6-7H2,1-5H3/t8-,9-/m0/s1. The van der Waals surface area contributed by atoms with Gasteiger partial charge in [-0.3, -0.25) is 9.69 Å². The fourth-order valence-corrected chi connectivity index (χ4v) is 2.70. The fraction of sp³-hybridized carbons (Fsp3) is 0.909. The number of rotatable bonds is 0. The first-order valence-corrected chi connectivity index (χ1v) is 5.12. The number of hydrogen-bond acceptors (Lipinski definition) is 2. The van der Waals surface area contributed by atoms with E-state index in [1.54, 1.807) is 0 Å². The normalized spacial score (nSPS) is 32.2. The Bertz CT molecular complexity index is 191. The van der Waals surface area contributed by atoms with Crippen LogP contribution in [0.3, 0.4) is 0 Å². The molecule has 0 radical (unpaired) electrons. The largest absolute Gasteiger partial charge is 0.300 e. The van der Waals surface area contributed by atoms with E-state index in [1.165, 1.54) is 0 Å². The molecule has 2 heteroatoms. The number of carbonyl (C=O) groups excluding carboxylic acids is 1. The number of nitrogens with zero attached hydrogens (tertiary/aromatic N) is 1. The minimum Gasteiger partial charge on any atom is -0.300 e. The average Bonchev–Trinajstić information content (AvgIpc) is 1.78. The summed E-state index contributed by atoms with van der Waals surface area (Å²) in [6.45, 7) is 11.0. The van der Waals surface area contributed by atoms with Crippen LogP contribution < -0.4 is 0 Å². The van der Waals surface area contributed by atoms with Gasteiger partial charge in [0, 0.05) is 30.5 Å². The van der Waals surface area contributed by atoms with E-state index in [4.69, 9.17) is 0 Å². The van der Waals surface area contributed by atoms with E-state index in [0.29, 0.717) is 17.9 Å². The first-order chi connectivity index (χ1) is 5.82. The van der Waals surface area contributed by atoms with Crippen molar-refractivity contribution in [2.45, 2.75) is 65.1 Å². The Morgan fingerprint density at radius 2 is 1.54 bits per heavy atom. The molecule has 0 aliphatic carbocycles. The van der Waals surface area contributed by atoms with Crippen LogP contribution in [-0.2, 0) is 4.79 Å². The van der Waals surface area contributed by atoms with Gasteiger partial charge in [-0.15, -0.1) is 0 Å². The Balaban J connectivity index is 2.78. The van der Waals surface area contributed by atoms with Gasteiger partial charge in [0.25, 0.3) is 0 Å². The second-order valence-electron chi connectivity index (χ2n) is 5.22. The van der Waals surface area contributed by atoms with Gasteiger partial charge in [0.05, 0.1) is 0 Å². The zero-order valence-electron chi connectivity index (χ0n) is 9.42. The topological polar surface area (TPSA) is 20.3 Å². The summed E-state index contributed by atoms with van der Waals surface area (Å²) in [5.74, 6) is 0.417. The molecule has 1 fully saturated rings. The zero-order valence-corrected chi connectivity index (χ0v) is 9.42. The van der Waals surface area contributed by atoms with E-state index in [2.05, 4.69) is 39.5 Å². The van der Waals surface area contributed by atoms with Crippen molar-refractivity contribution in [3.8, 4) is 0 Å². The molecule has 0 saturated carbocycles. The molecule has 0 amide bonds. The highest BCUT2D eigenvalue weighted by Crippen LogP contribution is 2.28. The highest BCUT2D eigenvalue weighted by molar-refractivity contribution is 5.80. The molecule has 1 aliphatic heterocycles. The van der Waals surface area contributed by atoms with Crippen molar-refractivity contribution in [2.75, 3.05) is 0 Å². The number of hydrogen-bond donors (Lipinski definition) is 0. The number of carbonyl (C=O) groups is 1. The molecule has 0 aromatic carbocycles. The highest BCUT2D eigenvalue weighted by Gasteiger charge is 2.35. The van der Waals surface area contributed by atoms with Crippen LogP contribution >= 0.6 is 0 Å². The maximum absolute atomic E-state index is 11.3. The summed E-state index contributed by atoms with van der Waals surface area (Å²) in [6.07, 6.45) is 1.45. The highest BCUT2D eigenvalue weighted by atomic mass is 16.1. The third kappa shape index (κ3) is 2.31. The van der Waals surface area contributed by atoms with Crippen molar-refractivity contribution in [3.05, 3.63) is 0 Å². The molecule has 13 heavy (non-hydrogen) atoms. The van der Waals surface area contributed by atoms with Crippen molar-refractivity contribution in [1.82, 2.24) is 4.90 Å². The predicted molar refractivity (Wildman–Crippen MR) is 54.8 cm³/mol. The lowest BCUT2D eigenvalue weighted by Crippen LogP contribution is -2.55. The van der Waals surface area contributed by atoms with E-state index < -0.39 is 0 Å². The van der Waals surface area contributed by atoms with Gasteiger partial charge >= 0.3 is 0 Å². The number of piperidine rings is 1. The Kier molecular flexibility index (Phi) is 2.81. The Labute approximate surface area is 81.3 Å². The molecule has 1 saturated heterocycles. The van der Waals surface area contributed by atoms with Gasteiger partial charge in [-0.25, -0.2) is 0 Å². The molecule has 0 unspecified atom stereocenters. The Morgan fingerprint density at radius 3 is 1.85 bits per heavy atom. The molecular weight excluding hydrogens is 162 g/mol. The van der Waals surface area contributed by atoms with Crippen LogP contribution in [0, 0.1) is 0 Å². The first kappa shape index (κ1) is 10.7. The van der Waals surface area contributed by atoms with Crippen LogP contribution in [0.4, 0.5) is 0 Å². The smallest absolute Gasteiger partial charge is 0.136 e. The van der Waals surface area contributed by atoms with E-state index >= 15 is 0 Å². The van der Waals surface area contributed by atoms with Gasteiger partial charge in [-0.05, 0) is 34.6 Å². The fourth-order valence-electron chi connectivity index (χ4n) is 2.70. The molecule has 1 heterocycles. The number of likely N-dealkylation sites (tertiary alicyclic amines) is 1. The maximum atomic E-state index is 11.3. The lowest BCUT2D eigenvalue weighted by Gasteiger charge is -2.47.